The van der Waals surface area contributed by atoms with Crippen LogP contribution in [0.15, 0.2) is 85.5 Å². The molecule has 0 spiro atoms. The van der Waals surface area contributed by atoms with Crippen molar-refractivity contribution in [3.05, 3.63) is 96.6 Å². The summed E-state index contributed by atoms with van der Waals surface area (Å²) in [6, 6.07) is 20.8. The van der Waals surface area contributed by atoms with Gasteiger partial charge in [0.25, 0.3) is 0 Å². The van der Waals surface area contributed by atoms with Crippen molar-refractivity contribution in [2.75, 3.05) is 37.6 Å². The van der Waals surface area contributed by atoms with E-state index in [-0.39, 0.29) is 11.9 Å². The molecule has 2 aliphatic rings. The summed E-state index contributed by atoms with van der Waals surface area (Å²) in [4.78, 5) is 32.0. The number of carbonyl (C=O) groups is 1. The lowest BCUT2D eigenvalue weighted by atomic mass is 9.95. The predicted molar refractivity (Wildman–Crippen MR) is 134 cm³/mol. The average Bonchev–Trinajstić information content (AvgIpc) is 2.91. The summed E-state index contributed by atoms with van der Waals surface area (Å²) in [5.41, 5.74) is 4.56. The second-order valence-electron chi connectivity index (χ2n) is 8.56. The fourth-order valence-corrected chi connectivity index (χ4v) is 4.54. The topological polar surface area (TPSA) is 65.5 Å². The normalized spacial score (nSPS) is 18.4. The number of aromatic nitrogens is 3. The van der Waals surface area contributed by atoms with E-state index in [0.717, 1.165) is 11.3 Å². The molecule has 1 aromatic heterocycles. The lowest BCUT2D eigenvalue weighted by Crippen LogP contribution is -2.52. The maximum Gasteiger partial charge on any atom is 0.242 e. The van der Waals surface area contributed by atoms with Gasteiger partial charge in [-0.05, 0) is 29.7 Å². The Kier molecular flexibility index (Phi) is 6.33. The van der Waals surface area contributed by atoms with Crippen molar-refractivity contribution < 1.29 is 4.79 Å². The smallest absolute Gasteiger partial charge is 0.242 e. The SMILES string of the molecule is CC1C=C(c2ccccc2)C=C(c2ccccc2)N1CC(=O)N1CCN(c2ncncn2)CC1. The standard InChI is InChI=1S/C27H28N6O/c1-21-16-24(22-8-4-2-5-9-22)17-25(23-10-6-3-7-11-23)33(21)18-26(34)31-12-14-32(15-13-31)27-29-19-28-20-30-27/h2-11,16-17,19-21H,12-15,18H2,1H3. The molecular formula is C27H28N6O. The Morgan fingerprint density at radius 2 is 1.50 bits per heavy atom. The summed E-state index contributed by atoms with van der Waals surface area (Å²) in [5, 5.41) is 0. The highest BCUT2D eigenvalue weighted by molar-refractivity contribution is 5.88. The van der Waals surface area contributed by atoms with Gasteiger partial charge in [-0.15, -0.1) is 0 Å². The van der Waals surface area contributed by atoms with Crippen molar-refractivity contribution in [3.8, 4) is 0 Å². The summed E-state index contributed by atoms with van der Waals surface area (Å²) in [5.74, 6) is 0.806. The number of allylic oxidation sites excluding steroid dienone is 2. The molecule has 7 heteroatoms. The van der Waals surface area contributed by atoms with E-state index in [2.05, 4.69) is 80.2 Å². The van der Waals surface area contributed by atoms with Gasteiger partial charge in [-0.3, -0.25) is 4.79 Å². The lowest BCUT2D eigenvalue weighted by molar-refractivity contribution is -0.132. The second-order valence-corrected chi connectivity index (χ2v) is 8.56. The van der Waals surface area contributed by atoms with Crippen LogP contribution in [0.3, 0.4) is 0 Å². The van der Waals surface area contributed by atoms with Crippen LogP contribution >= 0.6 is 0 Å². The first kappa shape index (κ1) is 21.8. The Morgan fingerprint density at radius 1 is 0.882 bits per heavy atom. The Morgan fingerprint density at radius 3 is 2.15 bits per heavy atom. The van der Waals surface area contributed by atoms with Crippen LogP contribution in [0.25, 0.3) is 11.3 Å². The van der Waals surface area contributed by atoms with E-state index in [4.69, 9.17) is 0 Å². The Balaban J connectivity index is 1.33. The molecule has 0 saturated carbocycles. The van der Waals surface area contributed by atoms with Gasteiger partial charge in [0.2, 0.25) is 11.9 Å². The van der Waals surface area contributed by atoms with Crippen LogP contribution in [0.4, 0.5) is 5.95 Å². The van der Waals surface area contributed by atoms with Crippen LogP contribution < -0.4 is 4.90 Å². The van der Waals surface area contributed by atoms with Crippen molar-refractivity contribution in [2.24, 2.45) is 0 Å². The summed E-state index contributed by atoms with van der Waals surface area (Å²) >= 11 is 0. The van der Waals surface area contributed by atoms with Gasteiger partial charge in [0.1, 0.15) is 12.7 Å². The molecule has 0 radical (unpaired) electrons. The number of benzene rings is 2. The number of amides is 1. The van der Waals surface area contributed by atoms with E-state index in [1.54, 1.807) is 0 Å². The molecule has 34 heavy (non-hydrogen) atoms. The summed E-state index contributed by atoms with van der Waals surface area (Å²) in [7, 11) is 0. The first-order valence-electron chi connectivity index (χ1n) is 11.6. The van der Waals surface area contributed by atoms with Crippen LogP contribution in [0.1, 0.15) is 18.1 Å². The van der Waals surface area contributed by atoms with Gasteiger partial charge in [-0.2, -0.15) is 0 Å². The summed E-state index contributed by atoms with van der Waals surface area (Å²) in [6.45, 7) is 5.23. The largest absolute Gasteiger partial charge is 0.356 e. The van der Waals surface area contributed by atoms with Crippen molar-refractivity contribution in [3.63, 3.8) is 0 Å². The van der Waals surface area contributed by atoms with Crippen molar-refractivity contribution in [2.45, 2.75) is 13.0 Å². The van der Waals surface area contributed by atoms with Gasteiger partial charge in [0, 0.05) is 37.9 Å². The summed E-state index contributed by atoms with van der Waals surface area (Å²) in [6.07, 6.45) is 7.46. The fraction of sp³-hybridized carbons (Fsp3) is 0.259. The zero-order valence-corrected chi connectivity index (χ0v) is 19.3. The second kappa shape index (κ2) is 9.87. The molecule has 0 N–H and O–H groups in total. The first-order valence-corrected chi connectivity index (χ1v) is 11.6. The minimum absolute atomic E-state index is 0.0888. The predicted octanol–water partition coefficient (Wildman–Crippen LogP) is 3.35. The van der Waals surface area contributed by atoms with Gasteiger partial charge in [0.05, 0.1) is 6.54 Å². The van der Waals surface area contributed by atoms with Gasteiger partial charge in [-0.25, -0.2) is 15.0 Å². The summed E-state index contributed by atoms with van der Waals surface area (Å²) < 4.78 is 0. The number of rotatable bonds is 5. The zero-order valence-electron chi connectivity index (χ0n) is 19.3. The molecule has 5 rings (SSSR count). The highest BCUT2D eigenvalue weighted by Crippen LogP contribution is 2.32. The Bertz CT molecular complexity index is 1170. The van der Waals surface area contributed by atoms with Gasteiger partial charge in [-0.1, -0.05) is 66.7 Å². The number of nitrogens with zero attached hydrogens (tertiary/aromatic N) is 6. The highest BCUT2D eigenvalue weighted by Gasteiger charge is 2.28. The van der Waals surface area contributed by atoms with Crippen LogP contribution in [-0.2, 0) is 4.79 Å². The van der Waals surface area contributed by atoms with Gasteiger partial charge < -0.3 is 14.7 Å². The average molecular weight is 453 g/mol. The minimum atomic E-state index is 0.0888. The molecule has 0 aliphatic carbocycles. The number of hydrogen-bond acceptors (Lipinski definition) is 6. The number of anilines is 1. The molecule has 0 bridgehead atoms. The van der Waals surface area contributed by atoms with Crippen molar-refractivity contribution in [1.29, 1.82) is 0 Å². The third-order valence-electron chi connectivity index (χ3n) is 6.39. The molecule has 1 saturated heterocycles. The molecule has 2 aliphatic heterocycles. The van der Waals surface area contributed by atoms with E-state index in [9.17, 15) is 4.79 Å². The quantitative estimate of drug-likeness (QED) is 0.592. The molecule has 1 atom stereocenters. The highest BCUT2D eigenvalue weighted by atomic mass is 16.2. The molecule has 7 nitrogen and oxygen atoms in total. The van der Waals surface area contributed by atoms with Gasteiger partial charge >= 0.3 is 0 Å². The van der Waals surface area contributed by atoms with Crippen LogP contribution in [0.5, 0.6) is 0 Å². The third kappa shape index (κ3) is 4.69. The number of piperazine rings is 1. The third-order valence-corrected chi connectivity index (χ3v) is 6.39. The molecule has 1 fully saturated rings. The molecule has 3 heterocycles. The maximum absolute atomic E-state index is 13.4. The maximum atomic E-state index is 13.4. The first-order chi connectivity index (χ1) is 16.7. The molecule has 1 amide bonds. The molecule has 3 aromatic rings. The zero-order chi connectivity index (χ0) is 23.3. The van der Waals surface area contributed by atoms with Crippen LogP contribution in [-0.4, -0.2) is 69.4 Å². The Labute approximate surface area is 200 Å². The van der Waals surface area contributed by atoms with Gasteiger partial charge in [0.15, 0.2) is 0 Å². The fourth-order valence-electron chi connectivity index (χ4n) is 4.54. The molecule has 1 unspecified atom stereocenters. The Hall–Kier alpha value is -4.00. The van der Waals surface area contributed by atoms with Crippen LogP contribution in [0.2, 0.25) is 0 Å². The van der Waals surface area contributed by atoms with E-state index in [0.29, 0.717) is 38.7 Å². The minimum Gasteiger partial charge on any atom is -0.356 e. The van der Waals surface area contributed by atoms with E-state index >= 15 is 0 Å². The van der Waals surface area contributed by atoms with E-state index in [1.165, 1.54) is 23.8 Å². The van der Waals surface area contributed by atoms with Crippen LogP contribution in [0, 0.1) is 0 Å². The van der Waals surface area contributed by atoms with Crippen molar-refractivity contribution >= 4 is 23.1 Å². The van der Waals surface area contributed by atoms with Crippen molar-refractivity contribution in [1.82, 2.24) is 24.8 Å². The lowest BCUT2D eigenvalue weighted by Gasteiger charge is -2.39. The molecule has 2 aromatic carbocycles. The number of hydrogen-bond donors (Lipinski definition) is 0. The van der Waals surface area contributed by atoms with E-state index in [1.807, 2.05) is 29.2 Å². The molecule has 172 valence electrons. The van der Waals surface area contributed by atoms with E-state index < -0.39 is 0 Å². The monoisotopic (exact) mass is 452 g/mol. The molecular weight excluding hydrogens is 424 g/mol. The number of carbonyl (C=O) groups excluding carboxylic acids is 1.